The largest absolute Gasteiger partial charge is 0.394 e. The van der Waals surface area contributed by atoms with Crippen LogP contribution in [-0.4, -0.2) is 46.1 Å². The summed E-state index contributed by atoms with van der Waals surface area (Å²) in [7, 11) is 0. The van der Waals surface area contributed by atoms with Gasteiger partial charge in [-0.3, -0.25) is 4.79 Å². The maximum Gasteiger partial charge on any atom is 0.220 e. The van der Waals surface area contributed by atoms with E-state index >= 15 is 0 Å². The predicted octanol–water partition coefficient (Wildman–Crippen LogP) is 6.19. The summed E-state index contributed by atoms with van der Waals surface area (Å²) in [5.74, 6) is -0.237. The van der Waals surface area contributed by atoms with Crippen LogP contribution in [0.3, 0.4) is 0 Å². The third-order valence-corrected chi connectivity index (χ3v) is 6.36. The molecule has 0 heterocycles. The highest BCUT2D eigenvalue weighted by atomic mass is 16.3. The molecule has 0 aliphatic heterocycles. The van der Waals surface area contributed by atoms with Gasteiger partial charge in [0.15, 0.2) is 0 Å². The van der Waals surface area contributed by atoms with Crippen LogP contribution >= 0.6 is 0 Å². The smallest absolute Gasteiger partial charge is 0.220 e. The lowest BCUT2D eigenvalue weighted by molar-refractivity contribution is -0.123. The molecule has 3 unspecified atom stereocenters. The Morgan fingerprint density at radius 2 is 1.27 bits per heavy atom. The molecule has 3 atom stereocenters. The molecule has 0 aromatic heterocycles. The summed E-state index contributed by atoms with van der Waals surface area (Å²) in [4.78, 5) is 12.1. The van der Waals surface area contributed by atoms with Crippen LogP contribution in [0, 0.1) is 0 Å². The number of unbranched alkanes of at least 4 members (excludes halogenated alkanes) is 14. The molecule has 196 valence electrons. The highest BCUT2D eigenvalue weighted by Gasteiger charge is 2.18. The lowest BCUT2D eigenvalue weighted by atomic mass is 10.0. The van der Waals surface area contributed by atoms with Crippen molar-refractivity contribution in [3.63, 3.8) is 0 Å². The SMILES string of the molecule is CCCCCCCCCCCCC/C=C/C(O)C(CO)NC(=O)CCC(O)CCCCCC. The van der Waals surface area contributed by atoms with Gasteiger partial charge in [-0.05, 0) is 25.7 Å². The van der Waals surface area contributed by atoms with Crippen LogP contribution in [0.25, 0.3) is 0 Å². The minimum Gasteiger partial charge on any atom is -0.394 e. The van der Waals surface area contributed by atoms with E-state index in [-0.39, 0.29) is 18.9 Å². The van der Waals surface area contributed by atoms with Crippen LogP contribution in [0.5, 0.6) is 0 Å². The van der Waals surface area contributed by atoms with Gasteiger partial charge in [-0.25, -0.2) is 0 Å². The van der Waals surface area contributed by atoms with E-state index in [0.717, 1.165) is 38.5 Å². The second-order valence-electron chi connectivity index (χ2n) is 9.64. The number of aliphatic hydroxyl groups excluding tert-OH is 3. The van der Waals surface area contributed by atoms with Gasteiger partial charge in [0.1, 0.15) is 0 Å². The molecular formula is C28H55NO4. The molecule has 33 heavy (non-hydrogen) atoms. The van der Waals surface area contributed by atoms with E-state index in [2.05, 4.69) is 19.2 Å². The lowest BCUT2D eigenvalue weighted by Gasteiger charge is -2.20. The van der Waals surface area contributed by atoms with Crippen molar-refractivity contribution in [3.05, 3.63) is 12.2 Å². The highest BCUT2D eigenvalue weighted by Crippen LogP contribution is 2.13. The first kappa shape index (κ1) is 32.1. The zero-order valence-corrected chi connectivity index (χ0v) is 21.8. The number of carbonyl (C=O) groups excluding carboxylic acids is 1. The number of carbonyl (C=O) groups is 1. The molecule has 1 amide bonds. The summed E-state index contributed by atoms with van der Waals surface area (Å²) in [6.45, 7) is 4.10. The zero-order valence-electron chi connectivity index (χ0n) is 21.8. The van der Waals surface area contributed by atoms with E-state index in [1.807, 2.05) is 6.08 Å². The van der Waals surface area contributed by atoms with Crippen molar-refractivity contribution in [2.45, 2.75) is 154 Å². The fraction of sp³-hybridized carbons (Fsp3) is 0.893. The van der Waals surface area contributed by atoms with Gasteiger partial charge < -0.3 is 20.6 Å². The molecule has 0 saturated heterocycles. The standard InChI is InChI=1S/C28H55NO4/c1-3-5-7-9-10-11-12-13-14-15-16-17-19-21-27(32)26(24-30)29-28(33)23-22-25(31)20-18-8-6-4-2/h19,21,25-27,30-32H,3-18,20,22-24H2,1-2H3,(H,29,33)/b21-19+. The van der Waals surface area contributed by atoms with Crippen molar-refractivity contribution in [1.82, 2.24) is 5.32 Å². The van der Waals surface area contributed by atoms with Crippen molar-refractivity contribution < 1.29 is 20.1 Å². The van der Waals surface area contributed by atoms with E-state index in [0.29, 0.717) is 6.42 Å². The number of aliphatic hydroxyl groups is 3. The van der Waals surface area contributed by atoms with Crippen molar-refractivity contribution in [3.8, 4) is 0 Å². The molecule has 0 rings (SSSR count). The van der Waals surface area contributed by atoms with Crippen LogP contribution in [0.4, 0.5) is 0 Å². The molecule has 0 aliphatic rings. The van der Waals surface area contributed by atoms with Crippen LogP contribution in [0.2, 0.25) is 0 Å². The molecular weight excluding hydrogens is 414 g/mol. The minimum absolute atomic E-state index is 0.209. The Bertz CT molecular complexity index is 455. The predicted molar refractivity (Wildman–Crippen MR) is 139 cm³/mol. The van der Waals surface area contributed by atoms with Gasteiger partial charge in [-0.15, -0.1) is 0 Å². The number of hydrogen-bond acceptors (Lipinski definition) is 4. The number of nitrogens with one attached hydrogen (secondary N) is 1. The van der Waals surface area contributed by atoms with Gasteiger partial charge in [0.05, 0.1) is 24.9 Å². The van der Waals surface area contributed by atoms with E-state index in [1.165, 1.54) is 70.6 Å². The third kappa shape index (κ3) is 21.4. The number of allylic oxidation sites excluding steroid dienone is 1. The molecule has 0 fully saturated rings. The Labute approximate surface area is 204 Å². The number of amides is 1. The van der Waals surface area contributed by atoms with E-state index in [4.69, 9.17) is 0 Å². The van der Waals surface area contributed by atoms with Crippen LogP contribution in [-0.2, 0) is 4.79 Å². The summed E-state index contributed by atoms with van der Waals surface area (Å²) in [6, 6.07) is -0.701. The number of rotatable bonds is 24. The molecule has 5 nitrogen and oxygen atoms in total. The van der Waals surface area contributed by atoms with E-state index in [1.54, 1.807) is 6.08 Å². The monoisotopic (exact) mass is 469 g/mol. The van der Waals surface area contributed by atoms with Crippen LogP contribution in [0.15, 0.2) is 12.2 Å². The summed E-state index contributed by atoms with van der Waals surface area (Å²) >= 11 is 0. The van der Waals surface area contributed by atoms with Crippen molar-refractivity contribution in [2.75, 3.05) is 6.61 Å². The molecule has 0 bridgehead atoms. The first-order chi connectivity index (χ1) is 16.0. The normalized spacial score (nSPS) is 14.5. The highest BCUT2D eigenvalue weighted by molar-refractivity contribution is 5.76. The minimum atomic E-state index is -0.898. The van der Waals surface area contributed by atoms with Crippen LogP contribution < -0.4 is 5.32 Å². The topological polar surface area (TPSA) is 89.8 Å². The summed E-state index contributed by atoms with van der Waals surface area (Å²) < 4.78 is 0. The Morgan fingerprint density at radius 3 is 1.82 bits per heavy atom. The Balaban J connectivity index is 3.81. The Hall–Kier alpha value is -0.910. The van der Waals surface area contributed by atoms with E-state index < -0.39 is 18.2 Å². The molecule has 0 aromatic carbocycles. The molecule has 0 aromatic rings. The first-order valence-electron chi connectivity index (χ1n) is 14.0. The van der Waals surface area contributed by atoms with Gasteiger partial charge in [-0.1, -0.05) is 116 Å². The average molecular weight is 470 g/mol. The Kier molecular flexibility index (Phi) is 23.6. The maximum absolute atomic E-state index is 12.1. The quantitative estimate of drug-likeness (QED) is 0.100. The zero-order chi connectivity index (χ0) is 24.6. The van der Waals surface area contributed by atoms with Gasteiger partial charge >= 0.3 is 0 Å². The third-order valence-electron chi connectivity index (χ3n) is 6.36. The lowest BCUT2D eigenvalue weighted by Crippen LogP contribution is -2.45. The van der Waals surface area contributed by atoms with Gasteiger partial charge in [-0.2, -0.15) is 0 Å². The van der Waals surface area contributed by atoms with E-state index in [9.17, 15) is 20.1 Å². The molecule has 5 heteroatoms. The van der Waals surface area contributed by atoms with Crippen LogP contribution in [0.1, 0.15) is 136 Å². The summed E-state index contributed by atoms with van der Waals surface area (Å²) in [5.41, 5.74) is 0. The molecule has 0 saturated carbocycles. The fourth-order valence-corrected chi connectivity index (χ4v) is 4.06. The maximum atomic E-state index is 12.1. The summed E-state index contributed by atoms with van der Waals surface area (Å²) in [6.07, 6.45) is 23.4. The second-order valence-corrected chi connectivity index (χ2v) is 9.64. The number of hydrogen-bond donors (Lipinski definition) is 4. The van der Waals surface area contributed by atoms with Gasteiger partial charge in [0.25, 0.3) is 0 Å². The molecule has 4 N–H and O–H groups in total. The molecule has 0 spiro atoms. The first-order valence-corrected chi connectivity index (χ1v) is 14.0. The average Bonchev–Trinajstić information content (AvgIpc) is 2.81. The summed E-state index contributed by atoms with van der Waals surface area (Å²) in [5, 5.41) is 32.5. The second kappa shape index (κ2) is 24.2. The van der Waals surface area contributed by atoms with Crippen molar-refractivity contribution >= 4 is 5.91 Å². The van der Waals surface area contributed by atoms with Crippen molar-refractivity contribution in [2.24, 2.45) is 0 Å². The van der Waals surface area contributed by atoms with Gasteiger partial charge in [0.2, 0.25) is 5.91 Å². The fourth-order valence-electron chi connectivity index (χ4n) is 4.06. The Morgan fingerprint density at radius 1 is 0.758 bits per heavy atom. The van der Waals surface area contributed by atoms with Crippen molar-refractivity contribution in [1.29, 1.82) is 0 Å². The molecule has 0 radical (unpaired) electrons. The molecule has 0 aliphatic carbocycles. The van der Waals surface area contributed by atoms with Gasteiger partial charge in [0, 0.05) is 6.42 Å².